The molecule has 1 saturated carbocycles. The minimum absolute atomic E-state index is 0.561. The van der Waals surface area contributed by atoms with Gasteiger partial charge in [-0.2, -0.15) is 0 Å². The minimum atomic E-state index is 0.561. The maximum absolute atomic E-state index is 5.94. The van der Waals surface area contributed by atoms with Crippen LogP contribution in [-0.2, 0) is 13.0 Å². The summed E-state index contributed by atoms with van der Waals surface area (Å²) in [4.78, 5) is 2.62. The van der Waals surface area contributed by atoms with Crippen LogP contribution in [0.3, 0.4) is 0 Å². The van der Waals surface area contributed by atoms with Gasteiger partial charge in [-0.1, -0.05) is 30.7 Å². The third-order valence-corrected chi connectivity index (χ3v) is 4.45. The molecule has 1 aliphatic heterocycles. The van der Waals surface area contributed by atoms with Crippen LogP contribution in [0.5, 0.6) is 0 Å². The summed E-state index contributed by atoms with van der Waals surface area (Å²) < 4.78 is 0. The summed E-state index contributed by atoms with van der Waals surface area (Å²) in [6.07, 6.45) is 5.42. The lowest BCUT2D eigenvalue weighted by Gasteiger charge is -2.40. The van der Waals surface area contributed by atoms with Crippen LogP contribution in [0, 0.1) is 5.92 Å². The second-order valence-corrected chi connectivity index (χ2v) is 5.59. The van der Waals surface area contributed by atoms with Crippen molar-refractivity contribution in [2.45, 2.75) is 38.3 Å². The monoisotopic (exact) mass is 230 g/mol. The zero-order chi connectivity index (χ0) is 11.7. The highest BCUT2D eigenvalue weighted by Gasteiger charge is 2.28. The van der Waals surface area contributed by atoms with Crippen molar-refractivity contribution in [2.24, 2.45) is 11.7 Å². The van der Waals surface area contributed by atoms with Gasteiger partial charge in [-0.15, -0.1) is 0 Å². The van der Waals surface area contributed by atoms with Crippen LogP contribution in [0.2, 0.25) is 0 Å². The van der Waals surface area contributed by atoms with Crippen molar-refractivity contribution >= 4 is 0 Å². The van der Waals surface area contributed by atoms with Crippen molar-refractivity contribution in [3.63, 3.8) is 0 Å². The number of fused-ring (bicyclic) bond motifs is 1. The molecule has 0 aromatic heterocycles. The van der Waals surface area contributed by atoms with E-state index in [1.165, 1.54) is 36.9 Å². The van der Waals surface area contributed by atoms with Crippen LogP contribution in [-0.4, -0.2) is 24.0 Å². The SMILES string of the molecule is NCC1Cc2ccccc2CN1CC1CCC1. The van der Waals surface area contributed by atoms with Gasteiger partial charge >= 0.3 is 0 Å². The summed E-state index contributed by atoms with van der Waals surface area (Å²) in [5.41, 5.74) is 8.96. The van der Waals surface area contributed by atoms with Gasteiger partial charge in [0.1, 0.15) is 0 Å². The lowest BCUT2D eigenvalue weighted by Crippen LogP contribution is -2.47. The molecular weight excluding hydrogens is 208 g/mol. The quantitative estimate of drug-likeness (QED) is 0.862. The van der Waals surface area contributed by atoms with Gasteiger partial charge < -0.3 is 5.73 Å². The zero-order valence-electron chi connectivity index (χ0n) is 10.4. The van der Waals surface area contributed by atoms with Gasteiger partial charge in [0.05, 0.1) is 0 Å². The normalized spacial score (nSPS) is 25.4. The fourth-order valence-electron chi connectivity index (χ4n) is 3.09. The highest BCUT2D eigenvalue weighted by Crippen LogP contribution is 2.30. The Morgan fingerprint density at radius 2 is 1.94 bits per heavy atom. The second-order valence-electron chi connectivity index (χ2n) is 5.59. The molecule has 1 aromatic carbocycles. The number of benzene rings is 1. The first-order valence-electron chi connectivity index (χ1n) is 6.87. The molecule has 3 rings (SSSR count). The van der Waals surface area contributed by atoms with E-state index in [0.29, 0.717) is 6.04 Å². The predicted molar refractivity (Wildman–Crippen MR) is 70.7 cm³/mol. The van der Waals surface area contributed by atoms with Crippen LogP contribution in [0.25, 0.3) is 0 Å². The smallest absolute Gasteiger partial charge is 0.0262 e. The number of nitrogens with two attached hydrogens (primary N) is 1. The molecule has 92 valence electrons. The molecule has 1 heterocycles. The Kier molecular flexibility index (Phi) is 3.17. The Hall–Kier alpha value is -0.860. The first-order chi connectivity index (χ1) is 8.36. The van der Waals surface area contributed by atoms with Crippen LogP contribution in [0.15, 0.2) is 24.3 Å². The van der Waals surface area contributed by atoms with Gasteiger partial charge in [0.15, 0.2) is 0 Å². The van der Waals surface area contributed by atoms with Gasteiger partial charge in [0.25, 0.3) is 0 Å². The van der Waals surface area contributed by atoms with Crippen molar-refractivity contribution in [3.8, 4) is 0 Å². The first-order valence-corrected chi connectivity index (χ1v) is 6.87. The fourth-order valence-corrected chi connectivity index (χ4v) is 3.09. The third-order valence-electron chi connectivity index (χ3n) is 4.45. The van der Waals surface area contributed by atoms with Crippen LogP contribution < -0.4 is 5.73 Å². The highest BCUT2D eigenvalue weighted by atomic mass is 15.2. The molecule has 1 atom stereocenters. The third kappa shape index (κ3) is 2.24. The summed E-state index contributed by atoms with van der Waals surface area (Å²) in [6.45, 7) is 3.16. The van der Waals surface area contributed by atoms with Crippen molar-refractivity contribution < 1.29 is 0 Å². The molecule has 1 aliphatic carbocycles. The summed E-state index contributed by atoms with van der Waals surface area (Å²) in [7, 11) is 0. The Morgan fingerprint density at radius 1 is 1.18 bits per heavy atom. The standard InChI is InChI=1S/C15H22N2/c16-9-15-8-13-6-1-2-7-14(13)11-17(15)10-12-4-3-5-12/h1-2,6-7,12,15H,3-5,8-11,16H2. The molecule has 2 N–H and O–H groups in total. The van der Waals surface area contributed by atoms with Crippen molar-refractivity contribution in [1.29, 1.82) is 0 Å². The average Bonchev–Trinajstić information content (AvgIpc) is 2.32. The summed E-state index contributed by atoms with van der Waals surface area (Å²) in [6, 6.07) is 9.40. The number of nitrogens with zero attached hydrogens (tertiary/aromatic N) is 1. The summed E-state index contributed by atoms with van der Waals surface area (Å²) >= 11 is 0. The van der Waals surface area contributed by atoms with Crippen LogP contribution >= 0.6 is 0 Å². The molecule has 0 saturated heterocycles. The van der Waals surface area contributed by atoms with Crippen LogP contribution in [0.1, 0.15) is 30.4 Å². The molecule has 2 aliphatic rings. The van der Waals surface area contributed by atoms with E-state index in [0.717, 1.165) is 25.4 Å². The van der Waals surface area contributed by atoms with Crippen molar-refractivity contribution in [2.75, 3.05) is 13.1 Å². The van der Waals surface area contributed by atoms with Gasteiger partial charge in [0, 0.05) is 25.7 Å². The van der Waals surface area contributed by atoms with E-state index < -0.39 is 0 Å². The largest absolute Gasteiger partial charge is 0.329 e. The molecule has 0 radical (unpaired) electrons. The Bertz CT molecular complexity index is 384. The molecule has 2 nitrogen and oxygen atoms in total. The number of rotatable bonds is 3. The fraction of sp³-hybridized carbons (Fsp3) is 0.600. The molecule has 0 bridgehead atoms. The average molecular weight is 230 g/mol. The molecule has 1 unspecified atom stereocenters. The van der Waals surface area contributed by atoms with Gasteiger partial charge in [-0.05, 0) is 36.3 Å². The molecule has 0 amide bonds. The topological polar surface area (TPSA) is 29.3 Å². The van der Waals surface area contributed by atoms with E-state index in [9.17, 15) is 0 Å². The predicted octanol–water partition coefficient (Wildman–Crippen LogP) is 2.17. The Labute approximate surface area is 104 Å². The molecular formula is C15H22N2. The van der Waals surface area contributed by atoms with E-state index in [4.69, 9.17) is 5.73 Å². The zero-order valence-corrected chi connectivity index (χ0v) is 10.4. The second kappa shape index (κ2) is 4.79. The van der Waals surface area contributed by atoms with E-state index in [1.807, 2.05) is 0 Å². The summed E-state index contributed by atoms with van der Waals surface area (Å²) in [5, 5.41) is 0. The van der Waals surface area contributed by atoms with Crippen molar-refractivity contribution in [1.82, 2.24) is 4.90 Å². The molecule has 1 fully saturated rings. The summed E-state index contributed by atoms with van der Waals surface area (Å²) in [5.74, 6) is 0.939. The first kappa shape index (κ1) is 11.2. The number of hydrogen-bond acceptors (Lipinski definition) is 2. The van der Waals surface area contributed by atoms with Crippen LogP contribution in [0.4, 0.5) is 0 Å². The molecule has 2 heteroatoms. The van der Waals surface area contributed by atoms with Gasteiger partial charge in [0.2, 0.25) is 0 Å². The lowest BCUT2D eigenvalue weighted by molar-refractivity contribution is 0.118. The molecule has 1 aromatic rings. The maximum atomic E-state index is 5.94. The Morgan fingerprint density at radius 3 is 2.59 bits per heavy atom. The Balaban J connectivity index is 1.75. The molecule has 17 heavy (non-hydrogen) atoms. The van der Waals surface area contributed by atoms with E-state index in [-0.39, 0.29) is 0 Å². The van der Waals surface area contributed by atoms with Gasteiger partial charge in [-0.3, -0.25) is 4.90 Å². The van der Waals surface area contributed by atoms with E-state index >= 15 is 0 Å². The minimum Gasteiger partial charge on any atom is -0.329 e. The maximum Gasteiger partial charge on any atom is 0.0262 e. The van der Waals surface area contributed by atoms with Crippen molar-refractivity contribution in [3.05, 3.63) is 35.4 Å². The number of hydrogen-bond donors (Lipinski definition) is 1. The van der Waals surface area contributed by atoms with Gasteiger partial charge in [-0.25, -0.2) is 0 Å². The van der Waals surface area contributed by atoms with E-state index in [1.54, 1.807) is 0 Å². The lowest BCUT2D eigenvalue weighted by atomic mass is 9.83. The highest BCUT2D eigenvalue weighted by molar-refractivity contribution is 5.30. The van der Waals surface area contributed by atoms with E-state index in [2.05, 4.69) is 29.2 Å². The molecule has 0 spiro atoms.